The molecule has 106 valence electrons. The van der Waals surface area contributed by atoms with E-state index in [4.69, 9.17) is 4.52 Å². The van der Waals surface area contributed by atoms with E-state index in [9.17, 15) is 4.79 Å². The van der Waals surface area contributed by atoms with Gasteiger partial charge in [0.1, 0.15) is 0 Å². The highest BCUT2D eigenvalue weighted by Gasteiger charge is 2.36. The van der Waals surface area contributed by atoms with Crippen LogP contribution in [0.15, 0.2) is 10.6 Å². The Balaban J connectivity index is 1.98. The maximum Gasteiger partial charge on any atom is 0.244 e. The van der Waals surface area contributed by atoms with E-state index in [1.165, 1.54) is 0 Å². The average Bonchev–Trinajstić information content (AvgIpc) is 2.62. The van der Waals surface area contributed by atoms with Gasteiger partial charge in [0.15, 0.2) is 0 Å². The van der Waals surface area contributed by atoms with Crippen molar-refractivity contribution >= 4 is 11.8 Å². The number of nitrogens with one attached hydrogen (secondary N) is 1. The summed E-state index contributed by atoms with van der Waals surface area (Å²) in [6.07, 6.45) is 0.907. The first-order chi connectivity index (χ1) is 8.79. The van der Waals surface area contributed by atoms with Crippen molar-refractivity contribution in [3.8, 4) is 0 Å². The van der Waals surface area contributed by atoms with Crippen molar-refractivity contribution in [3.05, 3.63) is 11.8 Å². The Kier molecular flexibility index (Phi) is 3.67. The smallest absolute Gasteiger partial charge is 0.244 e. The fourth-order valence-electron chi connectivity index (χ4n) is 2.20. The van der Waals surface area contributed by atoms with Gasteiger partial charge in [-0.1, -0.05) is 25.9 Å². The zero-order valence-corrected chi connectivity index (χ0v) is 12.4. The number of amides is 1. The first-order valence-electron chi connectivity index (χ1n) is 6.83. The molecule has 0 radical (unpaired) electrons. The Morgan fingerprint density at radius 2 is 2.21 bits per heavy atom. The summed E-state index contributed by atoms with van der Waals surface area (Å²) in [7, 11) is 0. The van der Waals surface area contributed by atoms with Crippen molar-refractivity contribution in [3.63, 3.8) is 0 Å². The zero-order chi connectivity index (χ0) is 14.2. The Morgan fingerprint density at radius 1 is 1.53 bits per heavy atom. The average molecular weight is 265 g/mol. The van der Waals surface area contributed by atoms with Gasteiger partial charge in [0.2, 0.25) is 11.8 Å². The summed E-state index contributed by atoms with van der Waals surface area (Å²) >= 11 is 0. The number of nitrogens with zero attached hydrogens (tertiary/aromatic N) is 2. The molecule has 0 aromatic carbocycles. The molecule has 1 aromatic rings. The summed E-state index contributed by atoms with van der Waals surface area (Å²) in [5.74, 6) is 0.432. The molecule has 1 aliphatic rings. The Hall–Kier alpha value is -1.36. The summed E-state index contributed by atoms with van der Waals surface area (Å²) < 4.78 is 5.18. The number of carbonyl (C=O) groups is 1. The van der Waals surface area contributed by atoms with E-state index in [0.29, 0.717) is 11.9 Å². The molecule has 2 rings (SSSR count). The van der Waals surface area contributed by atoms with E-state index in [1.807, 2.05) is 0 Å². The van der Waals surface area contributed by atoms with Crippen LogP contribution in [0.5, 0.6) is 0 Å². The molecule has 2 heterocycles. The molecule has 1 fully saturated rings. The van der Waals surface area contributed by atoms with Gasteiger partial charge in [-0.05, 0) is 20.3 Å². The van der Waals surface area contributed by atoms with Crippen LogP contribution in [0.25, 0.3) is 0 Å². The zero-order valence-electron chi connectivity index (χ0n) is 12.4. The largest absolute Gasteiger partial charge is 0.338 e. The van der Waals surface area contributed by atoms with Crippen molar-refractivity contribution in [2.24, 2.45) is 0 Å². The third-order valence-electron chi connectivity index (χ3n) is 3.55. The summed E-state index contributed by atoms with van der Waals surface area (Å²) in [6, 6.07) is 2.16. The highest BCUT2D eigenvalue weighted by molar-refractivity contribution is 5.94. The van der Waals surface area contributed by atoms with Crippen LogP contribution in [0.2, 0.25) is 0 Å². The van der Waals surface area contributed by atoms with E-state index < -0.39 is 0 Å². The Labute approximate surface area is 114 Å². The van der Waals surface area contributed by atoms with E-state index >= 15 is 0 Å². The third-order valence-corrected chi connectivity index (χ3v) is 3.55. The first kappa shape index (κ1) is 14.1. The molecular weight excluding hydrogens is 242 g/mol. The van der Waals surface area contributed by atoms with E-state index in [1.54, 1.807) is 6.07 Å². The van der Waals surface area contributed by atoms with Gasteiger partial charge in [0.25, 0.3) is 0 Å². The monoisotopic (exact) mass is 265 g/mol. The summed E-state index contributed by atoms with van der Waals surface area (Å²) in [5, 5.41) is 6.81. The first-order valence-corrected chi connectivity index (χ1v) is 6.83. The Morgan fingerprint density at radius 3 is 2.63 bits per heavy atom. The highest BCUT2D eigenvalue weighted by Crippen LogP contribution is 2.25. The molecule has 1 aromatic heterocycles. The van der Waals surface area contributed by atoms with Crippen molar-refractivity contribution in [2.75, 3.05) is 11.9 Å². The van der Waals surface area contributed by atoms with Crippen LogP contribution in [0.1, 0.15) is 46.7 Å². The van der Waals surface area contributed by atoms with Gasteiger partial charge < -0.3 is 4.52 Å². The van der Waals surface area contributed by atoms with Crippen molar-refractivity contribution in [1.82, 2.24) is 10.1 Å². The van der Waals surface area contributed by atoms with Gasteiger partial charge in [-0.15, -0.1) is 0 Å². The quantitative estimate of drug-likeness (QED) is 0.911. The van der Waals surface area contributed by atoms with Gasteiger partial charge in [0.05, 0.1) is 11.7 Å². The lowest BCUT2D eigenvalue weighted by Crippen LogP contribution is -2.56. The van der Waals surface area contributed by atoms with Gasteiger partial charge in [-0.2, -0.15) is 0 Å². The molecule has 1 aliphatic heterocycles. The molecule has 0 saturated carbocycles. The molecule has 0 aliphatic carbocycles. The van der Waals surface area contributed by atoms with E-state index in [0.717, 1.165) is 18.7 Å². The molecule has 19 heavy (non-hydrogen) atoms. The number of hydrogen-bond acceptors (Lipinski definition) is 4. The molecule has 0 unspecified atom stereocenters. The Bertz CT molecular complexity index is 460. The fraction of sp³-hybridized carbons (Fsp3) is 0.714. The van der Waals surface area contributed by atoms with Crippen LogP contribution in [0.4, 0.5) is 5.88 Å². The van der Waals surface area contributed by atoms with Crippen LogP contribution in [-0.4, -0.2) is 34.6 Å². The molecule has 1 amide bonds. The number of carbonyl (C=O) groups excluding carboxylic acids is 1. The molecule has 0 bridgehead atoms. The minimum absolute atomic E-state index is 0.00319. The second-order valence-corrected chi connectivity index (χ2v) is 6.45. The lowest BCUT2D eigenvalue weighted by Gasteiger charge is -2.42. The normalized spacial score (nSPS) is 20.4. The molecule has 5 heteroatoms. The lowest BCUT2D eigenvalue weighted by atomic mass is 9.92. The van der Waals surface area contributed by atoms with E-state index in [2.05, 4.69) is 50.0 Å². The molecular formula is C14H23N3O2. The second kappa shape index (κ2) is 4.96. The standard InChI is InChI=1S/C14H23N3O2/c1-9(2)17-7-6-10(17)13(18)15-12-8-11(16-19-12)14(3,4)5/h8-10H,6-7H2,1-5H3,(H,15,18)/t10-/m0/s1. The minimum atomic E-state index is -0.0765. The maximum absolute atomic E-state index is 12.1. The van der Waals surface area contributed by atoms with Crippen molar-refractivity contribution in [2.45, 2.75) is 58.5 Å². The van der Waals surface area contributed by atoms with Crippen LogP contribution in [-0.2, 0) is 10.2 Å². The summed E-state index contributed by atoms with van der Waals surface area (Å²) in [4.78, 5) is 14.3. The predicted octanol–water partition coefficient (Wildman–Crippen LogP) is 2.39. The topological polar surface area (TPSA) is 58.4 Å². The van der Waals surface area contributed by atoms with Crippen LogP contribution >= 0.6 is 0 Å². The van der Waals surface area contributed by atoms with Crippen molar-refractivity contribution < 1.29 is 9.32 Å². The highest BCUT2D eigenvalue weighted by atomic mass is 16.5. The lowest BCUT2D eigenvalue weighted by molar-refractivity contribution is -0.126. The summed E-state index contributed by atoms with van der Waals surface area (Å²) in [5.41, 5.74) is 0.768. The predicted molar refractivity (Wildman–Crippen MR) is 74.1 cm³/mol. The number of aromatic nitrogens is 1. The molecule has 1 N–H and O–H groups in total. The number of likely N-dealkylation sites (tertiary alicyclic amines) is 1. The van der Waals surface area contributed by atoms with Gasteiger partial charge in [-0.25, -0.2) is 0 Å². The van der Waals surface area contributed by atoms with Crippen LogP contribution < -0.4 is 5.32 Å². The van der Waals surface area contributed by atoms with Gasteiger partial charge in [0, 0.05) is 24.1 Å². The van der Waals surface area contributed by atoms with E-state index in [-0.39, 0.29) is 17.4 Å². The molecule has 0 spiro atoms. The number of rotatable bonds is 3. The maximum atomic E-state index is 12.1. The molecule has 1 atom stereocenters. The minimum Gasteiger partial charge on any atom is -0.338 e. The van der Waals surface area contributed by atoms with Crippen LogP contribution in [0.3, 0.4) is 0 Å². The molecule has 1 saturated heterocycles. The van der Waals surface area contributed by atoms with Crippen molar-refractivity contribution in [1.29, 1.82) is 0 Å². The fourth-order valence-corrected chi connectivity index (χ4v) is 2.20. The third kappa shape index (κ3) is 2.97. The molecule has 5 nitrogen and oxygen atoms in total. The SMILES string of the molecule is CC(C)N1CC[C@H]1C(=O)Nc1cc(C(C)(C)C)no1. The second-order valence-electron chi connectivity index (χ2n) is 6.45. The van der Waals surface area contributed by atoms with Crippen LogP contribution in [0, 0.1) is 0 Å². The van der Waals surface area contributed by atoms with Gasteiger partial charge >= 0.3 is 0 Å². The van der Waals surface area contributed by atoms with Gasteiger partial charge in [-0.3, -0.25) is 15.0 Å². The summed E-state index contributed by atoms with van der Waals surface area (Å²) in [6.45, 7) is 11.4. The number of anilines is 1. The number of hydrogen-bond donors (Lipinski definition) is 1.